The number of furan rings is 1. The van der Waals surface area contributed by atoms with Crippen molar-refractivity contribution in [2.45, 2.75) is 0 Å². The van der Waals surface area contributed by atoms with Gasteiger partial charge in [0.05, 0.1) is 10.6 Å². The Morgan fingerprint density at radius 3 is 2.45 bits per heavy atom. The number of anilines is 1. The van der Waals surface area contributed by atoms with Crippen LogP contribution in [-0.4, -0.2) is 21.9 Å². The number of para-hydroxylation sites is 1. The van der Waals surface area contributed by atoms with E-state index < -0.39 is 22.6 Å². The maximum atomic E-state index is 14.2. The Morgan fingerprint density at radius 1 is 1.06 bits per heavy atom. The number of nitro groups is 1. The molecule has 1 aromatic heterocycles. The maximum absolute atomic E-state index is 14.2. The molecular formula is C21H12FN3O5S. The second kappa shape index (κ2) is 7.92. The highest BCUT2D eigenvalue weighted by molar-refractivity contribution is 7.80. The largest absolute Gasteiger partial charge is 0.457 e. The van der Waals surface area contributed by atoms with Gasteiger partial charge in [-0.2, -0.15) is 0 Å². The first-order valence-corrected chi connectivity index (χ1v) is 9.26. The molecule has 0 saturated carbocycles. The number of rotatable bonds is 4. The summed E-state index contributed by atoms with van der Waals surface area (Å²) in [4.78, 5) is 36.4. The summed E-state index contributed by atoms with van der Waals surface area (Å²) in [6.45, 7) is 0. The topological polar surface area (TPSA) is 106 Å². The number of halogens is 1. The summed E-state index contributed by atoms with van der Waals surface area (Å²) >= 11 is 5.05. The molecule has 154 valence electrons. The van der Waals surface area contributed by atoms with Gasteiger partial charge >= 0.3 is 0 Å². The van der Waals surface area contributed by atoms with E-state index in [4.69, 9.17) is 16.6 Å². The Morgan fingerprint density at radius 2 is 1.77 bits per heavy atom. The summed E-state index contributed by atoms with van der Waals surface area (Å²) in [5.41, 5.74) is 0.131. The van der Waals surface area contributed by atoms with Gasteiger partial charge in [0.15, 0.2) is 5.11 Å². The minimum absolute atomic E-state index is 0.0636. The van der Waals surface area contributed by atoms with Gasteiger partial charge < -0.3 is 4.42 Å². The molecule has 1 N–H and O–H groups in total. The molecule has 3 aromatic rings. The molecule has 0 unspecified atom stereocenters. The molecule has 0 bridgehead atoms. The summed E-state index contributed by atoms with van der Waals surface area (Å²) < 4.78 is 19.9. The van der Waals surface area contributed by atoms with Gasteiger partial charge in [0, 0.05) is 17.7 Å². The molecule has 0 spiro atoms. The van der Waals surface area contributed by atoms with E-state index in [1.807, 2.05) is 0 Å². The number of non-ortho nitro benzene ring substituents is 1. The number of carbonyl (C=O) groups is 2. The first kappa shape index (κ1) is 20.1. The van der Waals surface area contributed by atoms with Crippen molar-refractivity contribution in [3.05, 3.63) is 87.9 Å². The summed E-state index contributed by atoms with van der Waals surface area (Å²) in [5, 5.41) is 12.9. The minimum atomic E-state index is -0.799. The Labute approximate surface area is 179 Å². The Hall–Kier alpha value is -4.18. The lowest BCUT2D eigenvalue weighted by Gasteiger charge is -2.28. The summed E-state index contributed by atoms with van der Waals surface area (Å²) in [6.07, 6.45) is 1.22. The van der Waals surface area contributed by atoms with Crippen LogP contribution in [0, 0.1) is 15.9 Å². The SMILES string of the molecule is O=C1NC(=S)N(c2ccccc2F)C(=O)/C1=C/c1ccc(-c2ccc([N+](=O)[O-])cc2)o1. The number of hydrogen-bond donors (Lipinski definition) is 1. The summed E-state index contributed by atoms with van der Waals surface area (Å²) in [5.74, 6) is -1.64. The lowest BCUT2D eigenvalue weighted by atomic mass is 10.1. The van der Waals surface area contributed by atoms with Gasteiger partial charge in [0.25, 0.3) is 17.5 Å². The van der Waals surface area contributed by atoms with Gasteiger partial charge in [-0.3, -0.25) is 25.0 Å². The smallest absolute Gasteiger partial charge is 0.270 e. The average molecular weight is 437 g/mol. The molecule has 31 heavy (non-hydrogen) atoms. The molecule has 0 aliphatic carbocycles. The lowest BCUT2D eigenvalue weighted by molar-refractivity contribution is -0.384. The quantitative estimate of drug-likeness (QED) is 0.219. The second-order valence-electron chi connectivity index (χ2n) is 6.42. The van der Waals surface area contributed by atoms with Crippen LogP contribution in [0.15, 0.2) is 70.7 Å². The third-order valence-corrected chi connectivity index (χ3v) is 4.76. The van der Waals surface area contributed by atoms with Crippen molar-refractivity contribution in [1.29, 1.82) is 0 Å². The number of nitro benzene ring substituents is 1. The van der Waals surface area contributed by atoms with E-state index in [1.54, 1.807) is 6.07 Å². The van der Waals surface area contributed by atoms with Gasteiger partial charge in [0.2, 0.25) is 0 Å². The zero-order chi connectivity index (χ0) is 22.1. The van der Waals surface area contributed by atoms with Crippen LogP contribution >= 0.6 is 12.2 Å². The number of hydrogen-bond acceptors (Lipinski definition) is 6. The van der Waals surface area contributed by atoms with E-state index in [0.29, 0.717) is 11.3 Å². The predicted molar refractivity (Wildman–Crippen MR) is 113 cm³/mol. The number of benzene rings is 2. The molecule has 1 aliphatic rings. The van der Waals surface area contributed by atoms with E-state index in [-0.39, 0.29) is 27.8 Å². The Balaban J connectivity index is 1.65. The molecule has 1 fully saturated rings. The third kappa shape index (κ3) is 3.83. The highest BCUT2D eigenvalue weighted by atomic mass is 32.1. The van der Waals surface area contributed by atoms with Gasteiger partial charge in [-0.15, -0.1) is 0 Å². The molecule has 10 heteroatoms. The van der Waals surface area contributed by atoms with Crippen LogP contribution in [0.2, 0.25) is 0 Å². The first-order valence-electron chi connectivity index (χ1n) is 8.86. The molecule has 1 aliphatic heterocycles. The van der Waals surface area contributed by atoms with Crippen molar-refractivity contribution in [3.8, 4) is 11.3 Å². The molecular weight excluding hydrogens is 425 g/mol. The Bertz CT molecular complexity index is 1270. The van der Waals surface area contributed by atoms with Crippen molar-refractivity contribution in [1.82, 2.24) is 5.32 Å². The van der Waals surface area contributed by atoms with Gasteiger partial charge in [-0.1, -0.05) is 12.1 Å². The molecule has 0 radical (unpaired) electrons. The van der Waals surface area contributed by atoms with E-state index in [2.05, 4.69) is 5.32 Å². The van der Waals surface area contributed by atoms with Crippen LogP contribution in [0.3, 0.4) is 0 Å². The number of thiocarbonyl (C=S) groups is 1. The highest BCUT2D eigenvalue weighted by Gasteiger charge is 2.35. The predicted octanol–water partition coefficient (Wildman–Crippen LogP) is 3.83. The monoisotopic (exact) mass is 437 g/mol. The fourth-order valence-electron chi connectivity index (χ4n) is 2.98. The van der Waals surface area contributed by atoms with E-state index in [9.17, 15) is 24.1 Å². The van der Waals surface area contributed by atoms with Crippen LogP contribution in [0.5, 0.6) is 0 Å². The standard InChI is InChI=1S/C21H12FN3O5S/c22-16-3-1-2-4-17(16)24-20(27)15(19(26)23-21(24)31)11-14-9-10-18(30-14)12-5-7-13(8-6-12)25(28)29/h1-11H,(H,23,26,31)/b15-11+. The van der Waals surface area contributed by atoms with Crippen LogP contribution < -0.4 is 10.2 Å². The van der Waals surface area contributed by atoms with Crippen molar-refractivity contribution in [2.24, 2.45) is 0 Å². The molecule has 1 saturated heterocycles. The maximum Gasteiger partial charge on any atom is 0.270 e. The van der Waals surface area contributed by atoms with Crippen LogP contribution in [0.4, 0.5) is 15.8 Å². The summed E-state index contributed by atoms with van der Waals surface area (Å²) in [7, 11) is 0. The molecule has 2 aromatic carbocycles. The van der Waals surface area contributed by atoms with Crippen molar-refractivity contribution >= 4 is 46.6 Å². The molecule has 2 amide bonds. The van der Waals surface area contributed by atoms with Crippen molar-refractivity contribution < 1.29 is 23.3 Å². The highest BCUT2D eigenvalue weighted by Crippen LogP contribution is 2.28. The number of amides is 2. The van der Waals surface area contributed by atoms with Crippen molar-refractivity contribution in [2.75, 3.05) is 4.90 Å². The molecule has 8 nitrogen and oxygen atoms in total. The van der Waals surface area contributed by atoms with Crippen molar-refractivity contribution in [3.63, 3.8) is 0 Å². The fraction of sp³-hybridized carbons (Fsp3) is 0. The average Bonchev–Trinajstić information content (AvgIpc) is 3.21. The van der Waals surface area contributed by atoms with Gasteiger partial charge in [0.1, 0.15) is 22.9 Å². The number of carbonyl (C=O) groups excluding carboxylic acids is 2. The lowest BCUT2D eigenvalue weighted by Crippen LogP contribution is -2.54. The van der Waals surface area contributed by atoms with E-state index in [0.717, 1.165) is 4.90 Å². The van der Waals surface area contributed by atoms with Crippen LogP contribution in [-0.2, 0) is 9.59 Å². The van der Waals surface area contributed by atoms with Gasteiger partial charge in [-0.25, -0.2) is 9.29 Å². The first-order chi connectivity index (χ1) is 14.8. The molecule has 0 atom stereocenters. The molecule has 2 heterocycles. The third-order valence-electron chi connectivity index (χ3n) is 4.47. The second-order valence-corrected chi connectivity index (χ2v) is 6.80. The number of nitrogens with one attached hydrogen (secondary N) is 1. The number of nitrogens with zero attached hydrogens (tertiary/aromatic N) is 2. The zero-order valence-electron chi connectivity index (χ0n) is 15.6. The zero-order valence-corrected chi connectivity index (χ0v) is 16.4. The Kier molecular flexibility index (Phi) is 5.14. The van der Waals surface area contributed by atoms with E-state index >= 15 is 0 Å². The van der Waals surface area contributed by atoms with Crippen LogP contribution in [0.25, 0.3) is 17.4 Å². The molecule has 4 rings (SSSR count). The minimum Gasteiger partial charge on any atom is -0.457 e. The normalized spacial score (nSPS) is 15.3. The fourth-order valence-corrected chi connectivity index (χ4v) is 3.26. The van der Waals surface area contributed by atoms with Gasteiger partial charge in [-0.05, 0) is 54.7 Å². The van der Waals surface area contributed by atoms with Crippen LogP contribution in [0.1, 0.15) is 5.76 Å². The van der Waals surface area contributed by atoms with E-state index in [1.165, 1.54) is 60.7 Å². The summed E-state index contributed by atoms with van der Waals surface area (Å²) in [6, 6.07) is 14.4.